The minimum atomic E-state index is -3.56. The standard InChI is InChI=1S/C15H14ClNO2S/c1-11-10-17(15-8-3-2-7-14(11)15)20(18,19)13-6-4-5-12(16)9-13/h2-9,11H,10H2,1H3. The van der Waals surface area contributed by atoms with Crippen LogP contribution in [-0.4, -0.2) is 15.0 Å². The van der Waals surface area contributed by atoms with E-state index in [1.54, 1.807) is 18.2 Å². The first-order valence-corrected chi connectivity index (χ1v) is 8.19. The molecule has 0 aliphatic carbocycles. The highest BCUT2D eigenvalue weighted by Gasteiger charge is 2.34. The summed E-state index contributed by atoms with van der Waals surface area (Å²) in [6.07, 6.45) is 0. The van der Waals surface area contributed by atoms with Crippen molar-refractivity contribution in [2.45, 2.75) is 17.7 Å². The number of halogens is 1. The lowest BCUT2D eigenvalue weighted by Gasteiger charge is -2.19. The van der Waals surface area contributed by atoms with Crippen molar-refractivity contribution in [3.05, 3.63) is 59.1 Å². The molecule has 2 aromatic rings. The van der Waals surface area contributed by atoms with Crippen LogP contribution < -0.4 is 4.31 Å². The van der Waals surface area contributed by atoms with E-state index in [1.165, 1.54) is 10.4 Å². The van der Waals surface area contributed by atoms with Crippen LogP contribution in [0.2, 0.25) is 5.02 Å². The molecule has 0 fully saturated rings. The van der Waals surface area contributed by atoms with Crippen LogP contribution >= 0.6 is 11.6 Å². The van der Waals surface area contributed by atoms with Gasteiger partial charge in [-0.15, -0.1) is 0 Å². The minimum Gasteiger partial charge on any atom is -0.265 e. The Morgan fingerprint density at radius 1 is 1.15 bits per heavy atom. The van der Waals surface area contributed by atoms with Crippen molar-refractivity contribution >= 4 is 27.3 Å². The maximum atomic E-state index is 12.8. The summed E-state index contributed by atoms with van der Waals surface area (Å²) in [5.74, 6) is 0.195. The largest absolute Gasteiger partial charge is 0.265 e. The Bertz CT molecular complexity index is 758. The highest BCUT2D eigenvalue weighted by atomic mass is 35.5. The highest BCUT2D eigenvalue weighted by Crippen LogP contribution is 2.39. The van der Waals surface area contributed by atoms with Gasteiger partial charge in [0.2, 0.25) is 0 Å². The molecular formula is C15H14ClNO2S. The minimum absolute atomic E-state index is 0.195. The van der Waals surface area contributed by atoms with E-state index in [0.29, 0.717) is 11.6 Å². The lowest BCUT2D eigenvalue weighted by atomic mass is 10.0. The Kier molecular flexibility index (Phi) is 3.22. The van der Waals surface area contributed by atoms with Crippen LogP contribution in [0.5, 0.6) is 0 Å². The van der Waals surface area contributed by atoms with Gasteiger partial charge >= 0.3 is 0 Å². The second-order valence-corrected chi connectivity index (χ2v) is 7.25. The first kappa shape index (κ1) is 13.5. The van der Waals surface area contributed by atoms with Gasteiger partial charge in [0.1, 0.15) is 0 Å². The van der Waals surface area contributed by atoms with E-state index in [4.69, 9.17) is 11.6 Å². The molecule has 1 heterocycles. The Balaban J connectivity index is 2.10. The number of hydrogen-bond donors (Lipinski definition) is 0. The lowest BCUT2D eigenvalue weighted by Crippen LogP contribution is -2.29. The molecule has 3 rings (SSSR count). The fourth-order valence-electron chi connectivity index (χ4n) is 2.56. The van der Waals surface area contributed by atoms with Crippen molar-refractivity contribution < 1.29 is 8.42 Å². The molecule has 0 spiro atoms. The summed E-state index contributed by atoms with van der Waals surface area (Å²) in [5.41, 5.74) is 1.83. The van der Waals surface area contributed by atoms with E-state index >= 15 is 0 Å². The van der Waals surface area contributed by atoms with E-state index in [-0.39, 0.29) is 10.8 Å². The molecule has 1 aliphatic heterocycles. The first-order valence-electron chi connectivity index (χ1n) is 6.37. The zero-order chi connectivity index (χ0) is 14.3. The predicted octanol–water partition coefficient (Wildman–Crippen LogP) is 3.65. The van der Waals surface area contributed by atoms with Gasteiger partial charge in [0.15, 0.2) is 0 Å². The molecular weight excluding hydrogens is 294 g/mol. The molecule has 0 N–H and O–H groups in total. The summed E-state index contributed by atoms with van der Waals surface area (Å²) < 4.78 is 27.0. The Morgan fingerprint density at radius 3 is 2.65 bits per heavy atom. The van der Waals surface area contributed by atoms with Crippen molar-refractivity contribution in [3.63, 3.8) is 0 Å². The molecule has 0 radical (unpaired) electrons. The number of fused-ring (bicyclic) bond motifs is 1. The van der Waals surface area contributed by atoms with Gasteiger partial charge in [-0.05, 0) is 29.8 Å². The smallest absolute Gasteiger partial charge is 0.264 e. The van der Waals surface area contributed by atoms with Crippen molar-refractivity contribution in [2.24, 2.45) is 0 Å². The molecule has 0 bridgehead atoms. The second kappa shape index (κ2) is 4.79. The van der Waals surface area contributed by atoms with Gasteiger partial charge in [-0.2, -0.15) is 0 Å². The Morgan fingerprint density at radius 2 is 1.90 bits per heavy atom. The van der Waals surface area contributed by atoms with Crippen LogP contribution in [0.15, 0.2) is 53.4 Å². The summed E-state index contributed by atoms with van der Waals surface area (Å²) in [7, 11) is -3.56. The summed E-state index contributed by atoms with van der Waals surface area (Å²) in [6, 6.07) is 14.0. The maximum Gasteiger partial charge on any atom is 0.264 e. The summed E-state index contributed by atoms with van der Waals surface area (Å²) in [6.45, 7) is 2.50. The number of hydrogen-bond acceptors (Lipinski definition) is 2. The lowest BCUT2D eigenvalue weighted by molar-refractivity contribution is 0.590. The fourth-order valence-corrected chi connectivity index (χ4v) is 4.44. The Hall–Kier alpha value is -1.52. The quantitative estimate of drug-likeness (QED) is 0.849. The zero-order valence-electron chi connectivity index (χ0n) is 11.0. The van der Waals surface area contributed by atoms with E-state index in [1.807, 2.05) is 31.2 Å². The van der Waals surface area contributed by atoms with Gasteiger partial charge in [-0.25, -0.2) is 8.42 Å². The van der Waals surface area contributed by atoms with Crippen molar-refractivity contribution in [3.8, 4) is 0 Å². The van der Waals surface area contributed by atoms with Crippen LogP contribution in [0.4, 0.5) is 5.69 Å². The topological polar surface area (TPSA) is 37.4 Å². The molecule has 1 unspecified atom stereocenters. The predicted molar refractivity (Wildman–Crippen MR) is 80.8 cm³/mol. The molecule has 20 heavy (non-hydrogen) atoms. The van der Waals surface area contributed by atoms with Gasteiger partial charge in [0.05, 0.1) is 10.6 Å². The molecule has 0 amide bonds. The molecule has 3 nitrogen and oxygen atoms in total. The van der Waals surface area contributed by atoms with Crippen LogP contribution in [0.25, 0.3) is 0 Å². The summed E-state index contributed by atoms with van der Waals surface area (Å²) >= 11 is 5.90. The van der Waals surface area contributed by atoms with Gasteiger partial charge < -0.3 is 0 Å². The number of para-hydroxylation sites is 1. The first-order chi connectivity index (χ1) is 9.50. The number of nitrogens with zero attached hydrogens (tertiary/aromatic N) is 1. The maximum absolute atomic E-state index is 12.8. The monoisotopic (exact) mass is 307 g/mol. The highest BCUT2D eigenvalue weighted by molar-refractivity contribution is 7.92. The number of anilines is 1. The van der Waals surface area contributed by atoms with Crippen molar-refractivity contribution in [2.75, 3.05) is 10.8 Å². The molecule has 1 aliphatic rings. The molecule has 0 saturated heterocycles. The SMILES string of the molecule is CC1CN(S(=O)(=O)c2cccc(Cl)c2)c2ccccc21. The number of benzene rings is 2. The third-order valence-electron chi connectivity index (χ3n) is 3.56. The molecule has 0 aromatic heterocycles. The van der Waals surface area contributed by atoms with E-state index in [9.17, 15) is 8.42 Å². The van der Waals surface area contributed by atoms with E-state index in [0.717, 1.165) is 11.3 Å². The van der Waals surface area contributed by atoms with E-state index in [2.05, 4.69) is 0 Å². The zero-order valence-corrected chi connectivity index (χ0v) is 12.5. The van der Waals surface area contributed by atoms with Crippen LogP contribution in [0.3, 0.4) is 0 Å². The molecule has 1 atom stereocenters. The average molecular weight is 308 g/mol. The number of rotatable bonds is 2. The molecule has 2 aromatic carbocycles. The van der Waals surface area contributed by atoms with Crippen LogP contribution in [0.1, 0.15) is 18.4 Å². The third-order valence-corrected chi connectivity index (χ3v) is 5.57. The van der Waals surface area contributed by atoms with Crippen molar-refractivity contribution in [1.82, 2.24) is 0 Å². The Labute approximate surface area is 123 Å². The number of sulfonamides is 1. The third kappa shape index (κ3) is 2.09. The van der Waals surface area contributed by atoms with E-state index < -0.39 is 10.0 Å². The fraction of sp³-hybridized carbons (Fsp3) is 0.200. The van der Waals surface area contributed by atoms with Gasteiger partial charge in [0, 0.05) is 17.5 Å². The summed E-state index contributed by atoms with van der Waals surface area (Å²) in [4.78, 5) is 0.230. The molecule has 104 valence electrons. The van der Waals surface area contributed by atoms with Gasteiger partial charge in [-0.1, -0.05) is 42.8 Å². The average Bonchev–Trinajstić information content (AvgIpc) is 2.78. The van der Waals surface area contributed by atoms with Crippen molar-refractivity contribution in [1.29, 1.82) is 0 Å². The normalized spacial score (nSPS) is 18.1. The summed E-state index contributed by atoms with van der Waals surface area (Å²) in [5, 5.41) is 0.423. The molecule has 5 heteroatoms. The van der Waals surface area contributed by atoms with Crippen LogP contribution in [-0.2, 0) is 10.0 Å². The van der Waals surface area contributed by atoms with Gasteiger partial charge in [0.25, 0.3) is 10.0 Å². The second-order valence-electron chi connectivity index (χ2n) is 4.95. The molecule has 0 saturated carbocycles. The van der Waals surface area contributed by atoms with Gasteiger partial charge in [-0.3, -0.25) is 4.31 Å². The van der Waals surface area contributed by atoms with Crippen LogP contribution in [0, 0.1) is 0 Å².